The SMILES string of the molecule is Cc1cc(Br)sc1-c1cc(-c2ccc(-c3ccccc3)s2)c(-c2sc(Br)cc2C)cc1-c1ccc(-c2ccccc2)s1. The molecule has 4 aromatic heterocycles. The molecule has 0 unspecified atom stereocenters. The van der Waals surface area contributed by atoms with Crippen molar-refractivity contribution in [2.75, 3.05) is 0 Å². The van der Waals surface area contributed by atoms with E-state index < -0.39 is 0 Å². The fourth-order valence-corrected chi connectivity index (χ4v) is 10.9. The van der Waals surface area contributed by atoms with E-state index in [-0.39, 0.29) is 0 Å². The minimum atomic E-state index is 1.16. The largest absolute Gasteiger partial charge is 0.135 e. The molecule has 0 radical (unpaired) electrons. The first-order valence-electron chi connectivity index (χ1n) is 13.5. The second-order valence-electron chi connectivity index (χ2n) is 10.1. The van der Waals surface area contributed by atoms with E-state index in [1.165, 1.54) is 73.8 Å². The molecule has 0 saturated carbocycles. The lowest BCUT2D eigenvalue weighted by molar-refractivity contribution is 1.52. The Morgan fingerprint density at radius 3 is 1.14 bits per heavy atom. The van der Waals surface area contributed by atoms with Crippen LogP contribution >= 0.6 is 77.2 Å². The summed E-state index contributed by atoms with van der Waals surface area (Å²) in [4.78, 5) is 7.75. The van der Waals surface area contributed by atoms with Crippen LogP contribution in [0.5, 0.6) is 0 Å². The van der Waals surface area contributed by atoms with Gasteiger partial charge in [0.2, 0.25) is 0 Å². The van der Waals surface area contributed by atoms with Crippen LogP contribution in [0.4, 0.5) is 0 Å². The number of hydrogen-bond acceptors (Lipinski definition) is 4. The minimum absolute atomic E-state index is 1.16. The average Bonchev–Trinajstić information content (AvgIpc) is 3.81. The predicted octanol–water partition coefficient (Wildman–Crippen LogP) is 14.1. The standard InChI is InChI=1S/C36H24Br2S4/c1-21-17-33(37)41-35(21)27-19-26(32-16-14-30(40-32)24-11-7-4-8-12-24)28(36-22(2)18-34(38)42-36)20-25(27)31-15-13-29(39-31)23-9-5-3-6-10-23/h3-20H,1-2H3. The van der Waals surface area contributed by atoms with Gasteiger partial charge in [-0.05, 0) is 116 Å². The van der Waals surface area contributed by atoms with Crippen molar-refractivity contribution < 1.29 is 0 Å². The molecule has 0 aliphatic heterocycles. The number of thiophene rings is 4. The fraction of sp³-hybridized carbons (Fsp3) is 0.0556. The maximum absolute atomic E-state index is 3.77. The maximum atomic E-state index is 3.77. The molecule has 0 N–H and O–H groups in total. The first-order valence-corrected chi connectivity index (χ1v) is 18.3. The molecule has 42 heavy (non-hydrogen) atoms. The topological polar surface area (TPSA) is 0 Å². The summed E-state index contributed by atoms with van der Waals surface area (Å²) in [5.41, 5.74) is 10.2. The van der Waals surface area contributed by atoms with Gasteiger partial charge in [0, 0.05) is 51.5 Å². The van der Waals surface area contributed by atoms with Crippen LogP contribution < -0.4 is 0 Å². The highest BCUT2D eigenvalue weighted by molar-refractivity contribution is 9.11. The average molecular weight is 745 g/mol. The summed E-state index contributed by atoms with van der Waals surface area (Å²) in [6, 6.07) is 39.9. The molecular weight excluding hydrogens is 720 g/mol. The Hall–Kier alpha value is -2.58. The number of rotatable bonds is 6. The smallest absolute Gasteiger partial charge is 0.0707 e. The summed E-state index contributed by atoms with van der Waals surface area (Å²) in [5, 5.41) is 0. The van der Waals surface area contributed by atoms with Gasteiger partial charge in [-0.15, -0.1) is 45.3 Å². The van der Waals surface area contributed by atoms with Crippen LogP contribution in [-0.2, 0) is 0 Å². The molecule has 0 atom stereocenters. The van der Waals surface area contributed by atoms with Crippen molar-refractivity contribution in [2.45, 2.75) is 13.8 Å². The fourth-order valence-electron chi connectivity index (χ4n) is 5.28. The summed E-state index contributed by atoms with van der Waals surface area (Å²) < 4.78 is 2.31. The lowest BCUT2D eigenvalue weighted by atomic mass is 9.93. The normalized spacial score (nSPS) is 11.3. The Morgan fingerprint density at radius 1 is 0.405 bits per heavy atom. The molecule has 206 valence electrons. The number of aryl methyl sites for hydroxylation is 2. The first kappa shape index (κ1) is 28.2. The number of halogens is 2. The molecule has 0 amide bonds. The third kappa shape index (κ3) is 5.45. The van der Waals surface area contributed by atoms with E-state index in [1.807, 2.05) is 45.3 Å². The third-order valence-electron chi connectivity index (χ3n) is 7.28. The molecule has 0 aliphatic carbocycles. The van der Waals surface area contributed by atoms with Gasteiger partial charge in [0.25, 0.3) is 0 Å². The highest BCUT2D eigenvalue weighted by atomic mass is 79.9. The summed E-state index contributed by atoms with van der Waals surface area (Å²) in [7, 11) is 0. The van der Waals surface area contributed by atoms with Gasteiger partial charge in [-0.2, -0.15) is 0 Å². The van der Waals surface area contributed by atoms with Crippen LogP contribution in [0.3, 0.4) is 0 Å². The van der Waals surface area contributed by atoms with Gasteiger partial charge in [-0.3, -0.25) is 0 Å². The van der Waals surface area contributed by atoms with Crippen LogP contribution in [-0.4, -0.2) is 0 Å². The quantitative estimate of drug-likeness (QED) is 0.159. The zero-order chi connectivity index (χ0) is 28.8. The zero-order valence-electron chi connectivity index (χ0n) is 22.8. The molecule has 0 fully saturated rings. The third-order valence-corrected chi connectivity index (χ3v) is 13.2. The van der Waals surface area contributed by atoms with E-state index in [4.69, 9.17) is 0 Å². The number of benzene rings is 3. The van der Waals surface area contributed by atoms with Crippen LogP contribution in [0, 0.1) is 13.8 Å². The van der Waals surface area contributed by atoms with E-state index in [2.05, 4.69) is 155 Å². The molecule has 0 spiro atoms. The monoisotopic (exact) mass is 742 g/mol. The lowest BCUT2D eigenvalue weighted by Crippen LogP contribution is -1.90. The Kier molecular flexibility index (Phi) is 7.95. The molecule has 6 heteroatoms. The van der Waals surface area contributed by atoms with E-state index in [0.29, 0.717) is 0 Å². The lowest BCUT2D eigenvalue weighted by Gasteiger charge is -2.16. The highest BCUT2D eigenvalue weighted by Crippen LogP contribution is 2.51. The van der Waals surface area contributed by atoms with Crippen molar-refractivity contribution >= 4 is 77.2 Å². The van der Waals surface area contributed by atoms with Gasteiger partial charge in [0.15, 0.2) is 0 Å². The zero-order valence-corrected chi connectivity index (χ0v) is 29.2. The first-order chi connectivity index (χ1) is 20.4. The minimum Gasteiger partial charge on any atom is -0.135 e. The molecule has 0 bridgehead atoms. The summed E-state index contributed by atoms with van der Waals surface area (Å²) in [6.07, 6.45) is 0. The molecule has 7 aromatic rings. The summed E-state index contributed by atoms with van der Waals surface area (Å²) in [6.45, 7) is 4.44. The van der Waals surface area contributed by atoms with Gasteiger partial charge >= 0.3 is 0 Å². The van der Waals surface area contributed by atoms with E-state index in [0.717, 1.165) is 7.57 Å². The van der Waals surface area contributed by atoms with Crippen LogP contribution in [0.15, 0.2) is 117 Å². The Morgan fingerprint density at radius 2 is 0.786 bits per heavy atom. The Labute approximate surface area is 279 Å². The van der Waals surface area contributed by atoms with Crippen LogP contribution in [0.25, 0.3) is 62.6 Å². The molecule has 0 saturated heterocycles. The van der Waals surface area contributed by atoms with Crippen LogP contribution in [0.2, 0.25) is 0 Å². The van der Waals surface area contributed by atoms with Crippen molar-refractivity contribution in [3.8, 4) is 62.6 Å². The van der Waals surface area contributed by atoms with Crippen molar-refractivity contribution in [1.29, 1.82) is 0 Å². The second kappa shape index (κ2) is 11.8. The van der Waals surface area contributed by atoms with Gasteiger partial charge in [0.1, 0.15) is 0 Å². The maximum Gasteiger partial charge on any atom is 0.0707 e. The van der Waals surface area contributed by atoms with Gasteiger partial charge in [-0.1, -0.05) is 60.7 Å². The number of hydrogen-bond donors (Lipinski definition) is 0. The van der Waals surface area contributed by atoms with Crippen LogP contribution in [0.1, 0.15) is 11.1 Å². The van der Waals surface area contributed by atoms with Crippen molar-refractivity contribution in [3.05, 3.63) is 128 Å². The molecule has 0 nitrogen and oxygen atoms in total. The van der Waals surface area contributed by atoms with Gasteiger partial charge in [0.05, 0.1) is 7.57 Å². The van der Waals surface area contributed by atoms with Crippen molar-refractivity contribution in [2.24, 2.45) is 0 Å². The van der Waals surface area contributed by atoms with Crippen molar-refractivity contribution in [3.63, 3.8) is 0 Å². The molecule has 0 aliphatic rings. The Bertz CT molecular complexity index is 1880. The predicted molar refractivity (Wildman–Crippen MR) is 195 cm³/mol. The Balaban J connectivity index is 1.49. The highest BCUT2D eigenvalue weighted by Gasteiger charge is 2.22. The summed E-state index contributed by atoms with van der Waals surface area (Å²) in [5.74, 6) is 0. The molecule has 7 rings (SSSR count). The molecule has 3 aromatic carbocycles. The van der Waals surface area contributed by atoms with Gasteiger partial charge < -0.3 is 0 Å². The van der Waals surface area contributed by atoms with E-state index >= 15 is 0 Å². The summed E-state index contributed by atoms with van der Waals surface area (Å²) >= 11 is 14.9. The van der Waals surface area contributed by atoms with Crippen molar-refractivity contribution in [1.82, 2.24) is 0 Å². The molecular formula is C36H24Br2S4. The van der Waals surface area contributed by atoms with Gasteiger partial charge in [-0.25, -0.2) is 0 Å². The second-order valence-corrected chi connectivity index (χ2v) is 17.2. The molecule has 4 heterocycles. The van der Waals surface area contributed by atoms with E-state index in [9.17, 15) is 0 Å². The van der Waals surface area contributed by atoms with E-state index in [1.54, 1.807) is 0 Å².